The molecule has 1 aromatic rings. The number of nitrogens with two attached hydrogens (primary N) is 1. The Balaban J connectivity index is 2.06. The van der Waals surface area contributed by atoms with Crippen molar-refractivity contribution in [2.75, 3.05) is 17.3 Å². The minimum absolute atomic E-state index is 0.692. The molecule has 0 amide bonds. The summed E-state index contributed by atoms with van der Waals surface area (Å²) in [5.74, 6) is 7.72. The molecule has 0 aliphatic rings. The standard InChI is InChI=1S/C14H26N4/c1-12(2)8-5-3-4-6-11-16-13-9-7-10-14(17-13)18-15/h7,9-10,12H,3-6,8,11,15H2,1-2H3,(H2,16,17,18). The molecule has 0 saturated heterocycles. The average molecular weight is 250 g/mol. The van der Waals surface area contributed by atoms with Crippen LogP contribution in [-0.4, -0.2) is 11.5 Å². The molecule has 0 aliphatic carbocycles. The van der Waals surface area contributed by atoms with Crippen LogP contribution in [0, 0.1) is 5.92 Å². The van der Waals surface area contributed by atoms with Gasteiger partial charge in [0.1, 0.15) is 11.6 Å². The molecule has 0 atom stereocenters. The van der Waals surface area contributed by atoms with Crippen LogP contribution >= 0.6 is 0 Å². The van der Waals surface area contributed by atoms with Gasteiger partial charge in [0.2, 0.25) is 0 Å². The monoisotopic (exact) mass is 250 g/mol. The first kappa shape index (κ1) is 14.8. The van der Waals surface area contributed by atoms with Crippen LogP contribution < -0.4 is 16.6 Å². The highest BCUT2D eigenvalue weighted by Crippen LogP contribution is 2.11. The smallest absolute Gasteiger partial charge is 0.142 e. The second kappa shape index (κ2) is 8.75. The maximum Gasteiger partial charge on any atom is 0.142 e. The number of nitrogens with zero attached hydrogens (tertiary/aromatic N) is 1. The highest BCUT2D eigenvalue weighted by atomic mass is 15.3. The fraction of sp³-hybridized carbons (Fsp3) is 0.643. The molecule has 0 bridgehead atoms. The van der Waals surface area contributed by atoms with E-state index in [-0.39, 0.29) is 0 Å². The predicted octanol–water partition coefficient (Wildman–Crippen LogP) is 3.39. The van der Waals surface area contributed by atoms with Crippen molar-refractivity contribution in [1.29, 1.82) is 0 Å². The van der Waals surface area contributed by atoms with Crippen LogP contribution in [0.5, 0.6) is 0 Å². The molecule has 1 rings (SSSR count). The maximum absolute atomic E-state index is 5.31. The molecule has 0 saturated carbocycles. The average Bonchev–Trinajstić information content (AvgIpc) is 2.37. The molecular weight excluding hydrogens is 224 g/mol. The first-order valence-corrected chi connectivity index (χ1v) is 6.90. The number of hydrogen-bond acceptors (Lipinski definition) is 4. The van der Waals surface area contributed by atoms with E-state index in [1.54, 1.807) is 0 Å². The second-order valence-corrected chi connectivity index (χ2v) is 5.08. The van der Waals surface area contributed by atoms with Gasteiger partial charge in [-0.2, -0.15) is 0 Å². The topological polar surface area (TPSA) is 63.0 Å². The highest BCUT2D eigenvalue weighted by Gasteiger charge is 1.96. The summed E-state index contributed by atoms with van der Waals surface area (Å²) in [7, 11) is 0. The van der Waals surface area contributed by atoms with Gasteiger partial charge in [-0.15, -0.1) is 0 Å². The number of aromatic nitrogens is 1. The summed E-state index contributed by atoms with van der Waals surface area (Å²) in [6.45, 7) is 5.54. The summed E-state index contributed by atoms with van der Waals surface area (Å²) in [5.41, 5.74) is 2.55. The third-order valence-electron chi connectivity index (χ3n) is 2.91. The molecule has 0 spiro atoms. The number of hydrazine groups is 1. The highest BCUT2D eigenvalue weighted by molar-refractivity contribution is 5.44. The summed E-state index contributed by atoms with van der Waals surface area (Å²) in [5, 5.41) is 3.31. The Morgan fingerprint density at radius 3 is 2.56 bits per heavy atom. The van der Waals surface area contributed by atoms with Crippen molar-refractivity contribution in [2.24, 2.45) is 11.8 Å². The van der Waals surface area contributed by atoms with Crippen LogP contribution in [0.25, 0.3) is 0 Å². The third-order valence-corrected chi connectivity index (χ3v) is 2.91. The van der Waals surface area contributed by atoms with Gasteiger partial charge < -0.3 is 10.7 Å². The van der Waals surface area contributed by atoms with E-state index in [2.05, 4.69) is 29.6 Å². The number of nitrogen functional groups attached to an aromatic ring is 1. The van der Waals surface area contributed by atoms with Gasteiger partial charge in [-0.3, -0.25) is 0 Å². The van der Waals surface area contributed by atoms with E-state index in [0.717, 1.165) is 18.3 Å². The molecule has 0 radical (unpaired) electrons. The Morgan fingerprint density at radius 2 is 1.83 bits per heavy atom. The van der Waals surface area contributed by atoms with E-state index in [9.17, 15) is 0 Å². The van der Waals surface area contributed by atoms with E-state index in [0.29, 0.717) is 5.82 Å². The second-order valence-electron chi connectivity index (χ2n) is 5.08. The zero-order valence-corrected chi connectivity index (χ0v) is 11.6. The van der Waals surface area contributed by atoms with Crippen LogP contribution in [0.15, 0.2) is 18.2 Å². The molecule has 4 nitrogen and oxygen atoms in total. The molecule has 1 aromatic heterocycles. The first-order chi connectivity index (χ1) is 8.72. The minimum Gasteiger partial charge on any atom is -0.370 e. The number of unbranched alkanes of at least 4 members (excludes halogenated alkanes) is 3. The number of nitrogens with one attached hydrogen (secondary N) is 2. The summed E-state index contributed by atoms with van der Waals surface area (Å²) in [6.07, 6.45) is 6.51. The predicted molar refractivity (Wildman–Crippen MR) is 78.5 cm³/mol. The molecule has 0 aliphatic heterocycles. The van der Waals surface area contributed by atoms with E-state index in [1.165, 1.54) is 32.1 Å². The van der Waals surface area contributed by atoms with Crippen LogP contribution in [0.3, 0.4) is 0 Å². The Hall–Kier alpha value is -1.29. The summed E-state index contributed by atoms with van der Waals surface area (Å²) >= 11 is 0. The molecule has 18 heavy (non-hydrogen) atoms. The van der Waals surface area contributed by atoms with Gasteiger partial charge >= 0.3 is 0 Å². The van der Waals surface area contributed by atoms with Crippen molar-refractivity contribution in [1.82, 2.24) is 4.98 Å². The molecule has 4 heteroatoms. The van der Waals surface area contributed by atoms with Gasteiger partial charge in [0.05, 0.1) is 0 Å². The third kappa shape index (κ3) is 6.45. The number of rotatable bonds is 9. The number of anilines is 2. The van der Waals surface area contributed by atoms with Crippen molar-refractivity contribution < 1.29 is 0 Å². The van der Waals surface area contributed by atoms with E-state index < -0.39 is 0 Å². The van der Waals surface area contributed by atoms with Crippen molar-refractivity contribution in [3.63, 3.8) is 0 Å². The van der Waals surface area contributed by atoms with Gasteiger partial charge in [0.15, 0.2) is 0 Å². The molecule has 0 aromatic carbocycles. The molecule has 0 unspecified atom stereocenters. The summed E-state index contributed by atoms with van der Waals surface area (Å²) in [6, 6.07) is 5.74. The fourth-order valence-electron chi connectivity index (χ4n) is 1.86. The van der Waals surface area contributed by atoms with Crippen molar-refractivity contribution in [2.45, 2.75) is 46.0 Å². The lowest BCUT2D eigenvalue weighted by Gasteiger charge is -2.07. The van der Waals surface area contributed by atoms with Crippen LogP contribution in [0.1, 0.15) is 46.0 Å². The van der Waals surface area contributed by atoms with Crippen molar-refractivity contribution in [3.8, 4) is 0 Å². The normalized spacial score (nSPS) is 10.7. The zero-order valence-electron chi connectivity index (χ0n) is 11.6. The van der Waals surface area contributed by atoms with Gasteiger partial charge in [0.25, 0.3) is 0 Å². The largest absolute Gasteiger partial charge is 0.370 e. The Bertz CT molecular complexity index is 325. The molecular formula is C14H26N4. The molecule has 0 fully saturated rings. The summed E-state index contributed by atoms with van der Waals surface area (Å²) < 4.78 is 0. The van der Waals surface area contributed by atoms with E-state index in [1.807, 2.05) is 18.2 Å². The Kier molecular flexibility index (Phi) is 7.18. The fourth-order valence-corrected chi connectivity index (χ4v) is 1.86. The molecule has 1 heterocycles. The minimum atomic E-state index is 0.692. The maximum atomic E-state index is 5.31. The van der Waals surface area contributed by atoms with Gasteiger partial charge in [-0.25, -0.2) is 10.8 Å². The molecule has 4 N–H and O–H groups in total. The quantitative estimate of drug-likeness (QED) is 0.357. The Morgan fingerprint density at radius 1 is 1.11 bits per heavy atom. The lowest BCUT2D eigenvalue weighted by atomic mass is 10.0. The van der Waals surface area contributed by atoms with Crippen molar-refractivity contribution >= 4 is 11.6 Å². The van der Waals surface area contributed by atoms with E-state index in [4.69, 9.17) is 5.84 Å². The number of pyridine rings is 1. The lowest BCUT2D eigenvalue weighted by Crippen LogP contribution is -2.10. The Labute approximate surface area is 110 Å². The van der Waals surface area contributed by atoms with Crippen LogP contribution in [-0.2, 0) is 0 Å². The number of hydrogen-bond donors (Lipinski definition) is 3. The molecule has 102 valence electrons. The first-order valence-electron chi connectivity index (χ1n) is 6.90. The van der Waals surface area contributed by atoms with Crippen LogP contribution in [0.4, 0.5) is 11.6 Å². The van der Waals surface area contributed by atoms with Gasteiger partial charge in [0, 0.05) is 6.54 Å². The lowest BCUT2D eigenvalue weighted by molar-refractivity contribution is 0.523. The van der Waals surface area contributed by atoms with Gasteiger partial charge in [-0.1, -0.05) is 45.6 Å². The van der Waals surface area contributed by atoms with Crippen LogP contribution in [0.2, 0.25) is 0 Å². The van der Waals surface area contributed by atoms with Gasteiger partial charge in [-0.05, 0) is 24.5 Å². The van der Waals surface area contributed by atoms with E-state index >= 15 is 0 Å². The SMILES string of the molecule is CC(C)CCCCCCNc1cccc(NN)n1. The summed E-state index contributed by atoms with van der Waals surface area (Å²) in [4.78, 5) is 4.30. The van der Waals surface area contributed by atoms with Crippen molar-refractivity contribution in [3.05, 3.63) is 18.2 Å². The zero-order chi connectivity index (χ0) is 13.2.